The number of nitrogens with two attached hydrogens (primary N) is 1. The molecule has 34 heavy (non-hydrogen) atoms. The van der Waals surface area contributed by atoms with E-state index in [1.54, 1.807) is 40.0 Å². The van der Waals surface area contributed by atoms with Crippen molar-refractivity contribution in [3.8, 4) is 0 Å². The van der Waals surface area contributed by atoms with E-state index in [0.29, 0.717) is 25.2 Å². The molecule has 2 rings (SSSR count). The van der Waals surface area contributed by atoms with E-state index in [2.05, 4.69) is 0 Å². The van der Waals surface area contributed by atoms with Gasteiger partial charge in [0, 0.05) is 32.2 Å². The van der Waals surface area contributed by atoms with E-state index in [4.69, 9.17) is 24.7 Å². The summed E-state index contributed by atoms with van der Waals surface area (Å²) in [6.45, 7) is 6.41. The Bertz CT molecular complexity index is 865. The number of aliphatic hydroxyl groups is 1. The molecule has 1 aliphatic rings. The number of nitrogens with zero attached hydrogens (tertiary/aromatic N) is 1. The van der Waals surface area contributed by atoms with Gasteiger partial charge in [-0.3, -0.25) is 14.4 Å². The van der Waals surface area contributed by atoms with Gasteiger partial charge in [0.05, 0.1) is 19.8 Å². The van der Waals surface area contributed by atoms with Crippen molar-refractivity contribution in [3.63, 3.8) is 0 Å². The maximum Gasteiger partial charge on any atom is 0.306 e. The van der Waals surface area contributed by atoms with Crippen LogP contribution in [-0.2, 0) is 48.1 Å². The van der Waals surface area contributed by atoms with Gasteiger partial charge in [0.1, 0.15) is 18.4 Å². The first kappa shape index (κ1) is 27.7. The molecule has 1 aliphatic heterocycles. The van der Waals surface area contributed by atoms with Crippen molar-refractivity contribution in [1.82, 2.24) is 4.90 Å². The average molecular weight is 481 g/mol. The molecule has 0 saturated heterocycles. The van der Waals surface area contributed by atoms with E-state index in [0.717, 1.165) is 16.7 Å². The lowest BCUT2D eigenvalue weighted by Gasteiger charge is -2.26. The first-order valence-corrected chi connectivity index (χ1v) is 11.3. The number of primary amides is 1. The lowest BCUT2D eigenvalue weighted by atomic mass is 9.96. The number of hydrogen-bond donors (Lipinski definition) is 2. The van der Waals surface area contributed by atoms with Crippen molar-refractivity contribution in [3.05, 3.63) is 34.4 Å². The predicted octanol–water partition coefficient (Wildman–Crippen LogP) is 1.29. The van der Waals surface area contributed by atoms with E-state index in [1.165, 1.54) is 4.90 Å². The SMILES string of the molecule is COCCOCOCc1c(CCO)ccc2c1CN([C@@H](CCC(=O)OC(C)(C)C)C(N)=O)C2=O. The number of fused-ring (bicyclic) bond motifs is 1. The van der Waals surface area contributed by atoms with Crippen molar-refractivity contribution < 1.29 is 38.4 Å². The zero-order chi connectivity index (χ0) is 25.3. The van der Waals surface area contributed by atoms with E-state index in [-0.39, 0.29) is 45.3 Å². The minimum atomic E-state index is -0.958. The van der Waals surface area contributed by atoms with Crippen LogP contribution in [0.15, 0.2) is 12.1 Å². The van der Waals surface area contributed by atoms with Crippen LogP contribution in [0.1, 0.15) is 60.7 Å². The van der Waals surface area contributed by atoms with Gasteiger partial charge in [0.2, 0.25) is 5.91 Å². The van der Waals surface area contributed by atoms with E-state index in [1.807, 2.05) is 0 Å². The molecule has 0 spiro atoms. The fourth-order valence-corrected chi connectivity index (χ4v) is 3.81. The van der Waals surface area contributed by atoms with Gasteiger partial charge in [0.15, 0.2) is 0 Å². The molecule has 2 amide bonds. The summed E-state index contributed by atoms with van der Waals surface area (Å²) in [4.78, 5) is 38.9. The molecule has 3 N–H and O–H groups in total. The lowest BCUT2D eigenvalue weighted by Crippen LogP contribution is -2.45. The molecule has 1 aromatic carbocycles. The second kappa shape index (κ2) is 12.8. The van der Waals surface area contributed by atoms with Crippen LogP contribution < -0.4 is 5.73 Å². The molecule has 10 heteroatoms. The molecule has 0 fully saturated rings. The Labute approximate surface area is 200 Å². The summed E-state index contributed by atoms with van der Waals surface area (Å²) in [5.41, 5.74) is 7.75. The van der Waals surface area contributed by atoms with Crippen LogP contribution in [0.2, 0.25) is 0 Å². The van der Waals surface area contributed by atoms with Gasteiger partial charge in [-0.15, -0.1) is 0 Å². The third-order valence-corrected chi connectivity index (χ3v) is 5.32. The highest BCUT2D eigenvalue weighted by atomic mass is 16.7. The third kappa shape index (κ3) is 7.76. The smallest absolute Gasteiger partial charge is 0.306 e. The first-order valence-electron chi connectivity index (χ1n) is 11.3. The summed E-state index contributed by atoms with van der Waals surface area (Å²) in [5.74, 6) is -1.49. The molecule has 1 aromatic rings. The molecule has 1 heterocycles. The molecule has 190 valence electrons. The minimum absolute atomic E-state index is 0.0447. The number of carbonyl (C=O) groups excluding carboxylic acids is 3. The van der Waals surface area contributed by atoms with Gasteiger partial charge < -0.3 is 34.7 Å². The van der Waals surface area contributed by atoms with Crippen molar-refractivity contribution in [2.45, 2.75) is 64.8 Å². The highest BCUT2D eigenvalue weighted by Gasteiger charge is 2.37. The molecule has 1 atom stereocenters. The van der Waals surface area contributed by atoms with Crippen LogP contribution in [0.4, 0.5) is 0 Å². The number of benzene rings is 1. The van der Waals surface area contributed by atoms with Crippen molar-refractivity contribution in [2.24, 2.45) is 5.73 Å². The lowest BCUT2D eigenvalue weighted by molar-refractivity contribution is -0.155. The monoisotopic (exact) mass is 480 g/mol. The summed E-state index contributed by atoms with van der Waals surface area (Å²) in [6, 6.07) is 2.51. The van der Waals surface area contributed by atoms with Gasteiger partial charge in [-0.2, -0.15) is 0 Å². The molecule has 0 radical (unpaired) electrons. The summed E-state index contributed by atoms with van der Waals surface area (Å²) in [6.07, 6.45) is 0.408. The summed E-state index contributed by atoms with van der Waals surface area (Å²) in [7, 11) is 1.58. The minimum Gasteiger partial charge on any atom is -0.460 e. The molecular weight excluding hydrogens is 444 g/mol. The second-order valence-electron chi connectivity index (χ2n) is 9.05. The standard InChI is InChI=1S/C24H36N2O8/c1-24(2,3)34-21(28)8-7-20(22(25)29)26-13-18-17(23(26)30)6-5-16(9-10-27)19(18)14-33-15-32-12-11-31-4/h5-6,20,27H,7-15H2,1-4H3,(H2,25,29)/t20-/m0/s1. The first-order chi connectivity index (χ1) is 16.1. The molecule has 0 saturated carbocycles. The second-order valence-corrected chi connectivity index (χ2v) is 9.05. The van der Waals surface area contributed by atoms with E-state index >= 15 is 0 Å². The third-order valence-electron chi connectivity index (χ3n) is 5.32. The number of amides is 2. The molecule has 10 nitrogen and oxygen atoms in total. The zero-order valence-electron chi connectivity index (χ0n) is 20.4. The average Bonchev–Trinajstić information content (AvgIpc) is 3.07. The number of rotatable bonds is 14. The van der Waals surface area contributed by atoms with Crippen LogP contribution in [0, 0.1) is 0 Å². The van der Waals surface area contributed by atoms with Crippen LogP contribution in [0.5, 0.6) is 0 Å². The topological polar surface area (TPSA) is 138 Å². The summed E-state index contributed by atoms with van der Waals surface area (Å²) in [5, 5.41) is 9.47. The van der Waals surface area contributed by atoms with Crippen molar-refractivity contribution >= 4 is 17.8 Å². The Morgan fingerprint density at radius 1 is 1.21 bits per heavy atom. The predicted molar refractivity (Wildman–Crippen MR) is 123 cm³/mol. The van der Waals surface area contributed by atoms with Gasteiger partial charge in [-0.05, 0) is 56.4 Å². The Morgan fingerprint density at radius 3 is 2.56 bits per heavy atom. The Kier molecular flexibility index (Phi) is 10.4. The van der Waals surface area contributed by atoms with Crippen LogP contribution >= 0.6 is 0 Å². The normalized spacial score (nSPS) is 14.3. The highest BCUT2D eigenvalue weighted by Crippen LogP contribution is 2.31. The fourth-order valence-electron chi connectivity index (χ4n) is 3.81. The van der Waals surface area contributed by atoms with Crippen LogP contribution in [-0.4, -0.2) is 73.2 Å². The molecule has 0 bridgehead atoms. The summed E-state index contributed by atoms with van der Waals surface area (Å²) >= 11 is 0. The molecule has 0 aromatic heterocycles. The maximum absolute atomic E-state index is 13.2. The van der Waals surface area contributed by atoms with E-state index in [9.17, 15) is 19.5 Å². The number of hydrogen-bond acceptors (Lipinski definition) is 8. The number of esters is 1. The number of ether oxygens (including phenoxy) is 4. The Morgan fingerprint density at radius 2 is 1.94 bits per heavy atom. The van der Waals surface area contributed by atoms with Crippen LogP contribution in [0.3, 0.4) is 0 Å². The highest BCUT2D eigenvalue weighted by molar-refractivity contribution is 6.01. The number of methoxy groups -OCH3 is 1. The van der Waals surface area contributed by atoms with Crippen molar-refractivity contribution in [1.29, 1.82) is 0 Å². The van der Waals surface area contributed by atoms with Crippen LogP contribution in [0.25, 0.3) is 0 Å². The fraction of sp³-hybridized carbons (Fsp3) is 0.625. The van der Waals surface area contributed by atoms with Gasteiger partial charge in [-0.25, -0.2) is 0 Å². The number of carbonyl (C=O) groups is 3. The Hall–Kier alpha value is -2.53. The molecule has 0 unspecified atom stereocenters. The summed E-state index contributed by atoms with van der Waals surface area (Å²) < 4.78 is 21.2. The molecular formula is C24H36N2O8. The van der Waals surface area contributed by atoms with Gasteiger partial charge in [0.25, 0.3) is 5.91 Å². The van der Waals surface area contributed by atoms with Gasteiger partial charge >= 0.3 is 5.97 Å². The molecule has 0 aliphatic carbocycles. The van der Waals surface area contributed by atoms with Crippen molar-refractivity contribution in [2.75, 3.05) is 33.7 Å². The quantitative estimate of drug-likeness (QED) is 0.231. The largest absolute Gasteiger partial charge is 0.460 e. The van der Waals surface area contributed by atoms with E-state index < -0.39 is 23.5 Å². The Balaban J connectivity index is 2.17. The zero-order valence-corrected chi connectivity index (χ0v) is 20.4. The maximum atomic E-state index is 13.2. The van der Waals surface area contributed by atoms with Gasteiger partial charge in [-0.1, -0.05) is 6.07 Å². The number of aliphatic hydroxyl groups excluding tert-OH is 1.